The molecular formula is C21H24N4O2S2. The zero-order valence-electron chi connectivity index (χ0n) is 16.6. The summed E-state index contributed by atoms with van der Waals surface area (Å²) in [5, 5.41) is 1.69. The van der Waals surface area contributed by atoms with Crippen molar-refractivity contribution in [3.8, 4) is 0 Å². The minimum atomic E-state index is -0.171. The minimum absolute atomic E-state index is 0.0929. The highest BCUT2D eigenvalue weighted by molar-refractivity contribution is 7.99. The van der Waals surface area contributed by atoms with Crippen LogP contribution in [0.2, 0.25) is 0 Å². The molecule has 1 saturated heterocycles. The SMILES string of the molecule is CC(C)c1cc(=O)[nH]c(SCC(=O)N2CCC(c3nc4ccccc4s3)CC2)n1. The molecule has 152 valence electrons. The van der Waals surface area contributed by atoms with Gasteiger partial charge in [-0.05, 0) is 30.9 Å². The highest BCUT2D eigenvalue weighted by atomic mass is 32.2. The van der Waals surface area contributed by atoms with Crippen LogP contribution in [0.1, 0.15) is 49.2 Å². The molecule has 0 aliphatic carbocycles. The average Bonchev–Trinajstić information content (AvgIpc) is 3.16. The summed E-state index contributed by atoms with van der Waals surface area (Å²) in [6.07, 6.45) is 1.88. The minimum Gasteiger partial charge on any atom is -0.342 e. The van der Waals surface area contributed by atoms with E-state index in [2.05, 4.69) is 22.1 Å². The topological polar surface area (TPSA) is 79.0 Å². The number of piperidine rings is 1. The molecule has 2 aromatic heterocycles. The number of hydrogen-bond donors (Lipinski definition) is 1. The van der Waals surface area contributed by atoms with E-state index in [1.807, 2.05) is 30.9 Å². The number of nitrogens with zero attached hydrogens (tertiary/aromatic N) is 3. The third-order valence-corrected chi connectivity index (χ3v) is 7.23. The van der Waals surface area contributed by atoms with E-state index in [9.17, 15) is 9.59 Å². The fourth-order valence-corrected chi connectivity index (χ4v) is 5.40. The molecule has 6 nitrogen and oxygen atoms in total. The lowest BCUT2D eigenvalue weighted by Gasteiger charge is -2.31. The van der Waals surface area contributed by atoms with Crippen molar-refractivity contribution in [1.82, 2.24) is 19.9 Å². The van der Waals surface area contributed by atoms with Gasteiger partial charge in [-0.2, -0.15) is 0 Å². The summed E-state index contributed by atoms with van der Waals surface area (Å²) in [5.74, 6) is 0.977. The van der Waals surface area contributed by atoms with Gasteiger partial charge in [-0.1, -0.05) is 37.7 Å². The third kappa shape index (κ3) is 4.70. The number of rotatable bonds is 5. The molecule has 8 heteroatoms. The first kappa shape index (κ1) is 20.1. The zero-order valence-corrected chi connectivity index (χ0v) is 18.2. The number of aromatic amines is 1. The fraction of sp³-hybridized carbons (Fsp3) is 0.429. The average molecular weight is 429 g/mol. The van der Waals surface area contributed by atoms with Crippen LogP contribution in [0, 0.1) is 0 Å². The van der Waals surface area contributed by atoms with E-state index in [0.29, 0.717) is 11.1 Å². The van der Waals surface area contributed by atoms with E-state index in [1.54, 1.807) is 11.3 Å². The van der Waals surface area contributed by atoms with Gasteiger partial charge in [0.1, 0.15) is 0 Å². The Hall–Kier alpha value is -2.19. The third-order valence-electron chi connectivity index (χ3n) is 5.17. The number of thiazole rings is 1. The Morgan fingerprint density at radius 1 is 1.28 bits per heavy atom. The van der Waals surface area contributed by atoms with Crippen LogP contribution in [-0.4, -0.2) is 44.6 Å². The molecule has 0 saturated carbocycles. The van der Waals surface area contributed by atoms with Crippen molar-refractivity contribution in [1.29, 1.82) is 0 Å². The number of carbonyl (C=O) groups excluding carboxylic acids is 1. The lowest BCUT2D eigenvalue weighted by molar-refractivity contribution is -0.129. The zero-order chi connectivity index (χ0) is 20.4. The van der Waals surface area contributed by atoms with Gasteiger partial charge >= 0.3 is 0 Å². The molecule has 3 heterocycles. The van der Waals surface area contributed by atoms with Crippen LogP contribution in [0.4, 0.5) is 0 Å². The van der Waals surface area contributed by atoms with Crippen molar-refractivity contribution >= 4 is 39.2 Å². The number of likely N-dealkylation sites (tertiary alicyclic amines) is 1. The summed E-state index contributed by atoms with van der Waals surface area (Å²) < 4.78 is 1.22. The van der Waals surface area contributed by atoms with Crippen LogP contribution in [0.5, 0.6) is 0 Å². The molecule has 0 unspecified atom stereocenters. The number of hydrogen-bond acceptors (Lipinski definition) is 6. The first-order chi connectivity index (χ1) is 14.0. The Kier molecular flexibility index (Phi) is 6.01. The summed E-state index contributed by atoms with van der Waals surface area (Å²) in [6.45, 7) is 5.49. The largest absolute Gasteiger partial charge is 0.342 e. The van der Waals surface area contributed by atoms with E-state index in [-0.39, 0.29) is 23.1 Å². The molecule has 1 aliphatic heterocycles. The van der Waals surface area contributed by atoms with Gasteiger partial charge < -0.3 is 9.88 Å². The molecule has 1 N–H and O–H groups in total. The van der Waals surface area contributed by atoms with Gasteiger partial charge in [0.25, 0.3) is 5.56 Å². The summed E-state index contributed by atoms with van der Waals surface area (Å²) in [5.41, 5.74) is 1.64. The van der Waals surface area contributed by atoms with E-state index in [0.717, 1.165) is 37.1 Å². The molecule has 0 radical (unpaired) electrons. The second-order valence-corrected chi connectivity index (χ2v) is 9.62. The molecule has 1 fully saturated rings. The first-order valence-corrected chi connectivity index (χ1v) is 11.7. The molecule has 0 spiro atoms. The van der Waals surface area contributed by atoms with E-state index >= 15 is 0 Å². The highest BCUT2D eigenvalue weighted by Gasteiger charge is 2.26. The standard InChI is InChI=1S/C21H24N4O2S2/c1-13(2)16-11-18(26)24-21(23-16)28-12-19(27)25-9-7-14(8-10-25)20-22-15-5-3-4-6-17(15)29-20/h3-6,11,13-14H,7-10,12H2,1-2H3,(H,23,24,26). The summed E-state index contributed by atoms with van der Waals surface area (Å²) >= 11 is 3.07. The van der Waals surface area contributed by atoms with Gasteiger partial charge in [0.05, 0.1) is 26.7 Å². The molecule has 0 bridgehead atoms. The number of para-hydroxylation sites is 1. The predicted octanol–water partition coefficient (Wildman–Crippen LogP) is 4.00. The number of amides is 1. The first-order valence-electron chi connectivity index (χ1n) is 9.87. The molecule has 1 aromatic carbocycles. The van der Waals surface area contributed by atoms with Crippen LogP contribution in [-0.2, 0) is 4.79 Å². The molecule has 29 heavy (non-hydrogen) atoms. The summed E-state index contributed by atoms with van der Waals surface area (Å²) in [7, 11) is 0. The van der Waals surface area contributed by atoms with Gasteiger partial charge in [-0.25, -0.2) is 9.97 Å². The van der Waals surface area contributed by atoms with Crippen molar-refractivity contribution < 1.29 is 4.79 Å². The molecule has 0 atom stereocenters. The second kappa shape index (κ2) is 8.67. The predicted molar refractivity (Wildman–Crippen MR) is 118 cm³/mol. The van der Waals surface area contributed by atoms with E-state index in [4.69, 9.17) is 4.98 Å². The number of nitrogens with one attached hydrogen (secondary N) is 1. The van der Waals surface area contributed by atoms with Gasteiger partial charge in [0.2, 0.25) is 5.91 Å². The number of fused-ring (bicyclic) bond motifs is 1. The maximum absolute atomic E-state index is 12.6. The van der Waals surface area contributed by atoms with Gasteiger partial charge in [0, 0.05) is 25.1 Å². The van der Waals surface area contributed by atoms with Crippen molar-refractivity contribution in [3.05, 3.63) is 51.4 Å². The van der Waals surface area contributed by atoms with E-state index in [1.165, 1.54) is 27.5 Å². The van der Waals surface area contributed by atoms with Crippen molar-refractivity contribution in [3.63, 3.8) is 0 Å². The fourth-order valence-electron chi connectivity index (χ4n) is 3.48. The molecule has 1 aliphatic rings. The van der Waals surface area contributed by atoms with Crippen LogP contribution >= 0.6 is 23.1 Å². The normalized spacial score (nSPS) is 15.3. The Labute approximate surface area is 177 Å². The van der Waals surface area contributed by atoms with Crippen molar-refractivity contribution in [2.75, 3.05) is 18.8 Å². The Bertz CT molecular complexity index is 1030. The monoisotopic (exact) mass is 428 g/mol. The maximum atomic E-state index is 12.6. The lowest BCUT2D eigenvalue weighted by atomic mass is 9.97. The smallest absolute Gasteiger partial charge is 0.251 e. The Balaban J connectivity index is 1.33. The molecule has 1 amide bonds. The maximum Gasteiger partial charge on any atom is 0.251 e. The van der Waals surface area contributed by atoms with Crippen LogP contribution in [0.25, 0.3) is 10.2 Å². The van der Waals surface area contributed by atoms with Gasteiger partial charge in [-0.15, -0.1) is 11.3 Å². The van der Waals surface area contributed by atoms with Gasteiger partial charge in [-0.3, -0.25) is 9.59 Å². The second-order valence-electron chi connectivity index (χ2n) is 7.59. The molecule has 3 aromatic rings. The highest BCUT2D eigenvalue weighted by Crippen LogP contribution is 2.34. The number of H-pyrrole nitrogens is 1. The summed E-state index contributed by atoms with van der Waals surface area (Å²) in [6, 6.07) is 9.74. The number of benzene rings is 1. The number of thioether (sulfide) groups is 1. The van der Waals surface area contributed by atoms with Crippen molar-refractivity contribution in [2.45, 2.75) is 43.7 Å². The Morgan fingerprint density at radius 3 is 2.76 bits per heavy atom. The molecule has 4 rings (SSSR count). The van der Waals surface area contributed by atoms with Crippen LogP contribution < -0.4 is 5.56 Å². The number of aromatic nitrogens is 3. The lowest BCUT2D eigenvalue weighted by Crippen LogP contribution is -2.39. The van der Waals surface area contributed by atoms with E-state index < -0.39 is 0 Å². The Morgan fingerprint density at radius 2 is 2.03 bits per heavy atom. The number of carbonyl (C=O) groups is 1. The van der Waals surface area contributed by atoms with Crippen molar-refractivity contribution in [2.24, 2.45) is 0 Å². The van der Waals surface area contributed by atoms with Crippen LogP contribution in [0.15, 0.2) is 40.3 Å². The summed E-state index contributed by atoms with van der Waals surface area (Å²) in [4.78, 5) is 38.3. The van der Waals surface area contributed by atoms with Gasteiger partial charge in [0.15, 0.2) is 5.16 Å². The quantitative estimate of drug-likeness (QED) is 0.491. The molecular weight excluding hydrogens is 404 g/mol. The van der Waals surface area contributed by atoms with Crippen LogP contribution in [0.3, 0.4) is 0 Å².